The molecule has 1 aliphatic carbocycles. The fraction of sp³-hybridized carbons (Fsp3) is 0.345. The van der Waals surface area contributed by atoms with Crippen LogP contribution in [0.5, 0.6) is 11.5 Å². The van der Waals surface area contributed by atoms with Gasteiger partial charge in [-0.1, -0.05) is 54.1 Å². The van der Waals surface area contributed by atoms with Crippen LogP contribution < -0.4 is 20.1 Å². The van der Waals surface area contributed by atoms with Crippen molar-refractivity contribution in [3.8, 4) is 11.5 Å². The summed E-state index contributed by atoms with van der Waals surface area (Å²) in [6.07, 6.45) is 3.91. The molecule has 3 aromatic carbocycles. The van der Waals surface area contributed by atoms with Crippen LogP contribution in [0.3, 0.4) is 0 Å². The molecule has 0 radical (unpaired) electrons. The third-order valence-electron chi connectivity index (χ3n) is 7.96. The van der Waals surface area contributed by atoms with Gasteiger partial charge in [0.05, 0.1) is 0 Å². The van der Waals surface area contributed by atoms with Crippen LogP contribution in [0.1, 0.15) is 36.8 Å². The Morgan fingerprint density at radius 1 is 1.00 bits per heavy atom. The van der Waals surface area contributed by atoms with E-state index in [2.05, 4.69) is 58.0 Å². The molecule has 36 heavy (non-hydrogen) atoms. The molecule has 0 spiro atoms. The lowest BCUT2D eigenvalue weighted by Crippen LogP contribution is -2.52. The molecule has 0 bridgehead atoms. The molecule has 0 aromatic heterocycles. The molecule has 2 amide bonds. The number of likely N-dealkylation sites (tertiary alicyclic amines) is 1. The van der Waals surface area contributed by atoms with Gasteiger partial charge in [0.1, 0.15) is 0 Å². The minimum atomic E-state index is -0.189. The number of benzene rings is 3. The molecule has 7 heteroatoms. The summed E-state index contributed by atoms with van der Waals surface area (Å²) in [5.41, 5.74) is 3.34. The molecule has 1 saturated heterocycles. The minimum absolute atomic E-state index is 0.0252. The number of hydrogen-bond donors (Lipinski definition) is 2. The van der Waals surface area contributed by atoms with Crippen molar-refractivity contribution in [1.29, 1.82) is 0 Å². The zero-order chi connectivity index (χ0) is 24.5. The second-order valence-electron chi connectivity index (χ2n) is 10.0. The molecule has 3 atom stereocenters. The van der Waals surface area contributed by atoms with E-state index in [-0.39, 0.29) is 24.3 Å². The van der Waals surface area contributed by atoms with Crippen LogP contribution in [-0.4, -0.2) is 36.4 Å². The largest absolute Gasteiger partial charge is 0.454 e. The smallest absolute Gasteiger partial charge is 0.319 e. The van der Waals surface area contributed by atoms with Gasteiger partial charge in [0, 0.05) is 34.8 Å². The Hall–Kier alpha value is -3.22. The van der Waals surface area contributed by atoms with Crippen molar-refractivity contribution in [2.75, 3.05) is 18.7 Å². The second-order valence-corrected chi connectivity index (χ2v) is 10.5. The first-order chi connectivity index (χ1) is 17.6. The van der Waals surface area contributed by atoms with E-state index >= 15 is 0 Å². The van der Waals surface area contributed by atoms with Crippen LogP contribution in [0.2, 0.25) is 5.02 Å². The van der Waals surface area contributed by atoms with Gasteiger partial charge >= 0.3 is 6.03 Å². The molecular formula is C29H30ClN3O3. The first kappa shape index (κ1) is 23.2. The first-order valence-corrected chi connectivity index (χ1v) is 13.0. The minimum Gasteiger partial charge on any atom is -0.454 e. The number of nitrogens with one attached hydrogen (secondary N) is 2. The van der Waals surface area contributed by atoms with E-state index in [0.717, 1.165) is 50.3 Å². The zero-order valence-corrected chi connectivity index (χ0v) is 20.8. The third-order valence-corrected chi connectivity index (χ3v) is 8.20. The number of carbonyl (C=O) groups excluding carboxylic acids is 1. The number of anilines is 1. The number of rotatable bonds is 5. The fourth-order valence-corrected chi connectivity index (χ4v) is 6.44. The van der Waals surface area contributed by atoms with Gasteiger partial charge in [-0.05, 0) is 73.7 Å². The summed E-state index contributed by atoms with van der Waals surface area (Å²) in [5.74, 6) is 1.65. The SMILES string of the molecule is O=C(Nc1cccc(Cl)c1)N[C@@H]1CC[C@@]2(c3ccc4c(c3)OCO4)CCN(Cc3ccccc3)[C@H]2C1. The number of urea groups is 1. The van der Waals surface area contributed by atoms with E-state index in [1.54, 1.807) is 12.1 Å². The Balaban J connectivity index is 1.23. The Labute approximate surface area is 216 Å². The molecule has 2 aliphatic heterocycles. The normalized spacial score (nSPS) is 24.8. The van der Waals surface area contributed by atoms with Gasteiger partial charge in [0.25, 0.3) is 0 Å². The van der Waals surface area contributed by atoms with Crippen LogP contribution >= 0.6 is 11.6 Å². The molecule has 6 rings (SSSR count). The zero-order valence-electron chi connectivity index (χ0n) is 20.1. The molecule has 186 valence electrons. The van der Waals surface area contributed by atoms with E-state index in [1.165, 1.54) is 11.1 Å². The molecular weight excluding hydrogens is 474 g/mol. The maximum atomic E-state index is 12.8. The van der Waals surface area contributed by atoms with Gasteiger partial charge in [-0.25, -0.2) is 4.79 Å². The highest BCUT2D eigenvalue weighted by molar-refractivity contribution is 6.30. The highest BCUT2D eigenvalue weighted by Crippen LogP contribution is 2.51. The summed E-state index contributed by atoms with van der Waals surface area (Å²) in [4.78, 5) is 15.4. The quantitative estimate of drug-likeness (QED) is 0.451. The van der Waals surface area contributed by atoms with Crippen molar-refractivity contribution in [2.45, 2.75) is 49.7 Å². The van der Waals surface area contributed by atoms with Crippen molar-refractivity contribution in [2.24, 2.45) is 0 Å². The second kappa shape index (κ2) is 9.68. The first-order valence-electron chi connectivity index (χ1n) is 12.6. The lowest BCUT2D eigenvalue weighted by molar-refractivity contribution is 0.131. The summed E-state index contributed by atoms with van der Waals surface area (Å²) < 4.78 is 11.3. The van der Waals surface area contributed by atoms with Crippen LogP contribution in [-0.2, 0) is 12.0 Å². The van der Waals surface area contributed by atoms with E-state index < -0.39 is 0 Å². The molecule has 2 fully saturated rings. The number of halogens is 1. The molecule has 3 aliphatic rings. The molecule has 3 aromatic rings. The average Bonchev–Trinajstić information content (AvgIpc) is 3.50. The number of hydrogen-bond acceptors (Lipinski definition) is 4. The Kier molecular flexibility index (Phi) is 6.23. The highest BCUT2D eigenvalue weighted by Gasteiger charge is 2.51. The van der Waals surface area contributed by atoms with Crippen molar-refractivity contribution in [3.63, 3.8) is 0 Å². The van der Waals surface area contributed by atoms with E-state index in [9.17, 15) is 4.79 Å². The maximum Gasteiger partial charge on any atom is 0.319 e. The van der Waals surface area contributed by atoms with Crippen LogP contribution in [0.15, 0.2) is 72.8 Å². The van der Waals surface area contributed by atoms with Crippen LogP contribution in [0.4, 0.5) is 10.5 Å². The summed E-state index contributed by atoms with van der Waals surface area (Å²) in [5, 5.41) is 6.76. The monoisotopic (exact) mass is 503 g/mol. The number of fused-ring (bicyclic) bond motifs is 2. The predicted octanol–water partition coefficient (Wildman–Crippen LogP) is 5.96. The topological polar surface area (TPSA) is 62.8 Å². The van der Waals surface area contributed by atoms with Crippen molar-refractivity contribution < 1.29 is 14.3 Å². The number of amides is 2. The Morgan fingerprint density at radius 2 is 1.86 bits per heavy atom. The van der Waals surface area contributed by atoms with Crippen LogP contribution in [0, 0.1) is 0 Å². The predicted molar refractivity (Wildman–Crippen MR) is 141 cm³/mol. The molecule has 6 nitrogen and oxygen atoms in total. The van der Waals surface area contributed by atoms with Crippen molar-refractivity contribution in [3.05, 3.63) is 88.9 Å². The van der Waals surface area contributed by atoms with E-state index in [1.807, 2.05) is 18.2 Å². The van der Waals surface area contributed by atoms with Gasteiger partial charge in [-0.15, -0.1) is 0 Å². The maximum absolute atomic E-state index is 12.8. The van der Waals surface area contributed by atoms with Gasteiger partial charge in [-0.3, -0.25) is 4.90 Å². The van der Waals surface area contributed by atoms with Crippen LogP contribution in [0.25, 0.3) is 0 Å². The molecule has 0 unspecified atom stereocenters. The lowest BCUT2D eigenvalue weighted by atomic mass is 9.65. The summed E-state index contributed by atoms with van der Waals surface area (Å²) >= 11 is 6.08. The van der Waals surface area contributed by atoms with Gasteiger partial charge in [-0.2, -0.15) is 0 Å². The Morgan fingerprint density at radius 3 is 2.72 bits per heavy atom. The van der Waals surface area contributed by atoms with Crippen molar-refractivity contribution >= 4 is 23.3 Å². The average molecular weight is 504 g/mol. The van der Waals surface area contributed by atoms with Gasteiger partial charge in [0.15, 0.2) is 11.5 Å². The molecule has 1 saturated carbocycles. The summed E-state index contributed by atoms with van der Waals surface area (Å²) in [6.45, 7) is 2.21. The standard InChI is InChI=1S/C29H30ClN3O3/c30-22-7-4-8-23(16-22)31-28(34)32-24-11-12-29(21-9-10-25-26(15-21)36-19-35-25)13-14-33(27(29)17-24)18-20-5-2-1-3-6-20/h1-10,15-16,24,27H,11-14,17-19H2,(H2,31,32,34)/t24-,27+,29+/m1/s1. The van der Waals surface area contributed by atoms with E-state index in [4.69, 9.17) is 21.1 Å². The highest BCUT2D eigenvalue weighted by atomic mass is 35.5. The number of carbonyl (C=O) groups is 1. The lowest BCUT2D eigenvalue weighted by Gasteiger charge is -2.45. The third kappa shape index (κ3) is 4.51. The summed E-state index contributed by atoms with van der Waals surface area (Å²) in [6, 6.07) is 24.5. The summed E-state index contributed by atoms with van der Waals surface area (Å²) in [7, 11) is 0. The number of ether oxygens (including phenoxy) is 2. The van der Waals surface area contributed by atoms with Crippen molar-refractivity contribution in [1.82, 2.24) is 10.2 Å². The molecule has 2 N–H and O–H groups in total. The Bertz CT molecular complexity index is 1250. The molecule has 2 heterocycles. The number of nitrogens with zero attached hydrogens (tertiary/aromatic N) is 1. The van der Waals surface area contributed by atoms with E-state index in [0.29, 0.717) is 16.8 Å². The fourth-order valence-electron chi connectivity index (χ4n) is 6.24. The van der Waals surface area contributed by atoms with Gasteiger partial charge < -0.3 is 20.1 Å². The van der Waals surface area contributed by atoms with Gasteiger partial charge in [0.2, 0.25) is 6.79 Å².